The predicted octanol–water partition coefficient (Wildman–Crippen LogP) is 3.35. The molecule has 1 aromatic rings. The van der Waals surface area contributed by atoms with Crippen LogP contribution in [0.4, 0.5) is 0 Å². The highest BCUT2D eigenvalue weighted by Crippen LogP contribution is 2.24. The minimum atomic E-state index is -0.607. The Labute approximate surface area is 154 Å². The lowest BCUT2D eigenvalue weighted by Gasteiger charge is -2.29. The Balaban J connectivity index is 1.91. The molecule has 2 atom stereocenters. The maximum absolute atomic E-state index is 12.3. The molecular weight excluding hydrogens is 342 g/mol. The average Bonchev–Trinajstić information content (AvgIpc) is 2.81. The maximum Gasteiger partial charge on any atom is 0.343 e. The first kappa shape index (κ1) is 19.8. The zero-order chi connectivity index (χ0) is 18.6. The second-order valence-corrected chi connectivity index (χ2v) is 7.70. The number of nitrogens with zero attached hydrogens (tertiary/aromatic N) is 2. The van der Waals surface area contributed by atoms with E-state index in [-0.39, 0.29) is 29.3 Å². The first-order valence-electron chi connectivity index (χ1n) is 8.99. The largest absolute Gasteiger partial charge is 0.452 e. The van der Waals surface area contributed by atoms with Crippen molar-refractivity contribution in [1.82, 2.24) is 15.1 Å². The number of amides is 1. The molecule has 0 unspecified atom stereocenters. The highest BCUT2D eigenvalue weighted by molar-refractivity contribution is 6.32. The number of hydrogen-bond acceptors (Lipinski definition) is 4. The Bertz CT molecular complexity index is 627. The molecule has 0 saturated heterocycles. The molecule has 1 amide bonds. The van der Waals surface area contributed by atoms with Crippen LogP contribution in [0.15, 0.2) is 0 Å². The number of ether oxygens (including phenoxy) is 1. The number of nitrogens with one attached hydrogen (secondary N) is 1. The lowest BCUT2D eigenvalue weighted by Crippen LogP contribution is -2.42. The fourth-order valence-electron chi connectivity index (χ4n) is 3.23. The molecule has 0 spiro atoms. The highest BCUT2D eigenvalue weighted by Gasteiger charge is 2.25. The van der Waals surface area contributed by atoms with Crippen LogP contribution >= 0.6 is 11.6 Å². The first-order valence-corrected chi connectivity index (χ1v) is 9.36. The van der Waals surface area contributed by atoms with Crippen molar-refractivity contribution >= 4 is 23.5 Å². The van der Waals surface area contributed by atoms with Crippen LogP contribution in [0.3, 0.4) is 0 Å². The van der Waals surface area contributed by atoms with Crippen molar-refractivity contribution < 1.29 is 14.3 Å². The van der Waals surface area contributed by atoms with E-state index < -0.39 is 5.97 Å². The lowest BCUT2D eigenvalue weighted by atomic mass is 9.86. The SMILES string of the molecule is Cc1nn(CC(C)C)c(Cl)c1C(=O)OCC(=O)N[C@@H]1CCCC[C@@H]1C. The Morgan fingerprint density at radius 2 is 2.04 bits per heavy atom. The number of halogens is 1. The molecule has 6 nitrogen and oxygen atoms in total. The molecule has 0 bridgehead atoms. The fraction of sp³-hybridized carbons (Fsp3) is 0.722. The standard InChI is InChI=1S/C18H28ClN3O3/c1-11(2)9-22-17(19)16(13(4)21-22)18(24)25-10-15(23)20-14-8-6-5-7-12(14)3/h11-12,14H,5-10H2,1-4H3,(H,20,23)/t12-,14+/m0/s1. The van der Waals surface area contributed by atoms with Crippen molar-refractivity contribution in [2.45, 2.75) is 66.0 Å². The molecule has 25 heavy (non-hydrogen) atoms. The summed E-state index contributed by atoms with van der Waals surface area (Å²) in [5.41, 5.74) is 0.748. The van der Waals surface area contributed by atoms with E-state index in [1.165, 1.54) is 6.42 Å². The van der Waals surface area contributed by atoms with Gasteiger partial charge in [0.15, 0.2) is 6.61 Å². The van der Waals surface area contributed by atoms with Crippen LogP contribution in [0, 0.1) is 18.8 Å². The van der Waals surface area contributed by atoms with Crippen LogP contribution < -0.4 is 5.32 Å². The first-order chi connectivity index (χ1) is 11.8. The van der Waals surface area contributed by atoms with Crippen LogP contribution in [-0.2, 0) is 16.1 Å². The molecule has 1 aliphatic rings. The summed E-state index contributed by atoms with van der Waals surface area (Å²) >= 11 is 6.26. The van der Waals surface area contributed by atoms with Gasteiger partial charge in [-0.3, -0.25) is 9.48 Å². The number of carbonyl (C=O) groups is 2. The quantitative estimate of drug-likeness (QED) is 0.780. The van der Waals surface area contributed by atoms with Crippen molar-refractivity contribution in [3.63, 3.8) is 0 Å². The summed E-state index contributed by atoms with van der Waals surface area (Å²) in [6.07, 6.45) is 4.43. The average molecular weight is 370 g/mol. The van der Waals surface area contributed by atoms with Crippen LogP contribution in [-0.4, -0.2) is 34.3 Å². The highest BCUT2D eigenvalue weighted by atomic mass is 35.5. The van der Waals surface area contributed by atoms with Crippen molar-refractivity contribution in [3.05, 3.63) is 16.4 Å². The van der Waals surface area contributed by atoms with Crippen molar-refractivity contribution in [3.8, 4) is 0 Å². The second-order valence-electron chi connectivity index (χ2n) is 7.34. The monoisotopic (exact) mass is 369 g/mol. The molecular formula is C18H28ClN3O3. The molecule has 0 aromatic carbocycles. The Hall–Kier alpha value is -1.56. The summed E-state index contributed by atoms with van der Waals surface area (Å²) in [4.78, 5) is 24.4. The molecule has 7 heteroatoms. The van der Waals surface area contributed by atoms with Gasteiger partial charge in [-0.1, -0.05) is 45.2 Å². The third-order valence-electron chi connectivity index (χ3n) is 4.60. The Morgan fingerprint density at radius 3 is 2.68 bits per heavy atom. The van der Waals surface area contributed by atoms with Gasteiger partial charge in [-0.15, -0.1) is 0 Å². The van der Waals surface area contributed by atoms with E-state index in [2.05, 4.69) is 17.3 Å². The maximum atomic E-state index is 12.3. The van der Waals surface area contributed by atoms with Gasteiger partial charge in [0, 0.05) is 12.6 Å². The smallest absolute Gasteiger partial charge is 0.343 e. The van der Waals surface area contributed by atoms with Gasteiger partial charge >= 0.3 is 5.97 Å². The Kier molecular flexibility index (Phi) is 6.87. The summed E-state index contributed by atoms with van der Waals surface area (Å²) < 4.78 is 6.76. The van der Waals surface area contributed by atoms with Crippen LogP contribution in [0.1, 0.15) is 62.5 Å². The molecule has 1 fully saturated rings. The van der Waals surface area contributed by atoms with Crippen LogP contribution in [0.2, 0.25) is 5.15 Å². The van der Waals surface area contributed by atoms with Crippen LogP contribution in [0.25, 0.3) is 0 Å². The minimum absolute atomic E-state index is 0.166. The lowest BCUT2D eigenvalue weighted by molar-refractivity contribution is -0.125. The molecule has 1 aliphatic carbocycles. The van der Waals surface area contributed by atoms with E-state index in [0.717, 1.165) is 19.3 Å². The van der Waals surface area contributed by atoms with E-state index in [1.54, 1.807) is 11.6 Å². The molecule has 0 radical (unpaired) electrons. The summed E-state index contributed by atoms with van der Waals surface area (Å²) in [6.45, 7) is 8.26. The normalized spacial score (nSPS) is 20.6. The number of esters is 1. The van der Waals surface area contributed by atoms with E-state index in [1.807, 2.05) is 13.8 Å². The summed E-state index contributed by atoms with van der Waals surface area (Å²) in [6, 6.07) is 0.166. The predicted molar refractivity (Wildman–Crippen MR) is 96.7 cm³/mol. The third kappa shape index (κ3) is 5.21. The molecule has 0 aliphatic heterocycles. The molecule has 1 saturated carbocycles. The molecule has 1 N–H and O–H groups in total. The molecule has 1 heterocycles. The molecule has 140 valence electrons. The van der Waals surface area contributed by atoms with Gasteiger partial charge in [0.2, 0.25) is 0 Å². The number of carbonyl (C=O) groups excluding carboxylic acids is 2. The van der Waals surface area contributed by atoms with Gasteiger partial charge in [-0.2, -0.15) is 5.10 Å². The zero-order valence-electron chi connectivity index (χ0n) is 15.5. The van der Waals surface area contributed by atoms with Gasteiger partial charge in [0.1, 0.15) is 10.7 Å². The number of hydrogen-bond donors (Lipinski definition) is 1. The van der Waals surface area contributed by atoms with Gasteiger partial charge in [-0.25, -0.2) is 4.79 Å². The molecule has 2 rings (SSSR count). The summed E-state index contributed by atoms with van der Waals surface area (Å²) in [5, 5.41) is 7.51. The van der Waals surface area contributed by atoms with E-state index in [4.69, 9.17) is 16.3 Å². The summed E-state index contributed by atoms with van der Waals surface area (Å²) in [5.74, 6) is -0.0666. The van der Waals surface area contributed by atoms with E-state index in [0.29, 0.717) is 24.1 Å². The minimum Gasteiger partial charge on any atom is -0.452 e. The third-order valence-corrected chi connectivity index (χ3v) is 4.98. The van der Waals surface area contributed by atoms with E-state index >= 15 is 0 Å². The van der Waals surface area contributed by atoms with Gasteiger partial charge in [0.25, 0.3) is 5.91 Å². The van der Waals surface area contributed by atoms with Crippen molar-refractivity contribution in [1.29, 1.82) is 0 Å². The topological polar surface area (TPSA) is 73.2 Å². The number of aromatic nitrogens is 2. The van der Waals surface area contributed by atoms with Crippen molar-refractivity contribution in [2.24, 2.45) is 11.8 Å². The van der Waals surface area contributed by atoms with E-state index in [9.17, 15) is 9.59 Å². The second kappa shape index (κ2) is 8.70. The van der Waals surface area contributed by atoms with Crippen LogP contribution in [0.5, 0.6) is 0 Å². The fourth-order valence-corrected chi connectivity index (χ4v) is 3.56. The van der Waals surface area contributed by atoms with Gasteiger partial charge in [-0.05, 0) is 31.6 Å². The number of aryl methyl sites for hydroxylation is 1. The zero-order valence-corrected chi connectivity index (χ0v) is 16.2. The van der Waals surface area contributed by atoms with Gasteiger partial charge in [0.05, 0.1) is 5.69 Å². The van der Waals surface area contributed by atoms with Gasteiger partial charge < -0.3 is 10.1 Å². The summed E-state index contributed by atoms with van der Waals surface area (Å²) in [7, 11) is 0. The molecule has 1 aromatic heterocycles. The Morgan fingerprint density at radius 1 is 1.36 bits per heavy atom. The number of rotatable bonds is 6. The van der Waals surface area contributed by atoms with Crippen molar-refractivity contribution in [2.75, 3.05) is 6.61 Å².